The summed E-state index contributed by atoms with van der Waals surface area (Å²) >= 11 is 0. The molecule has 1 unspecified atom stereocenters. The van der Waals surface area contributed by atoms with Crippen molar-refractivity contribution in [3.8, 4) is 0 Å². The van der Waals surface area contributed by atoms with Gasteiger partial charge in [-0.15, -0.1) is 0 Å². The molecule has 0 saturated heterocycles. The van der Waals surface area contributed by atoms with Crippen LogP contribution in [0.2, 0.25) is 0 Å². The first-order valence-corrected chi connectivity index (χ1v) is 6.23. The lowest BCUT2D eigenvalue weighted by molar-refractivity contribution is 0.0697. The Morgan fingerprint density at radius 3 is 2.95 bits per heavy atom. The summed E-state index contributed by atoms with van der Waals surface area (Å²) < 4.78 is 1.72. The number of nitrogens with zero attached hydrogens (tertiary/aromatic N) is 3. The fraction of sp³-hybridized carbons (Fsp3) is 0.308. The van der Waals surface area contributed by atoms with E-state index in [1.54, 1.807) is 23.1 Å². The third kappa shape index (κ3) is 3.12. The largest absolute Gasteiger partial charge is 0.478 e. The molecular weight excluding hydrogens is 260 g/mol. The summed E-state index contributed by atoms with van der Waals surface area (Å²) in [6, 6.07) is 1.56. The summed E-state index contributed by atoms with van der Waals surface area (Å²) in [4.78, 5) is 14.8. The molecule has 0 fully saturated rings. The Bertz CT molecular complexity index is 597. The maximum atomic E-state index is 11.0. The fourth-order valence-electron chi connectivity index (χ4n) is 1.77. The molecule has 2 aromatic heterocycles. The number of carbonyl (C=O) groups is 1. The van der Waals surface area contributed by atoms with Gasteiger partial charge in [0.05, 0.1) is 18.0 Å². The van der Waals surface area contributed by atoms with Crippen molar-refractivity contribution in [2.75, 3.05) is 11.9 Å². The Labute approximate surface area is 115 Å². The summed E-state index contributed by atoms with van der Waals surface area (Å²) in [6.45, 7) is 2.88. The highest BCUT2D eigenvalue weighted by atomic mass is 16.4. The van der Waals surface area contributed by atoms with E-state index in [1.165, 1.54) is 12.4 Å². The molecule has 0 aliphatic heterocycles. The van der Waals surface area contributed by atoms with Crippen molar-refractivity contribution >= 4 is 11.7 Å². The summed E-state index contributed by atoms with van der Waals surface area (Å²) in [6.07, 6.45) is 5.37. The molecule has 0 aliphatic carbocycles. The van der Waals surface area contributed by atoms with Gasteiger partial charge in [0.15, 0.2) is 0 Å². The third-order valence-electron chi connectivity index (χ3n) is 2.90. The second kappa shape index (κ2) is 6.16. The number of aryl methyl sites for hydroxylation is 1. The number of rotatable bonds is 6. The number of pyridine rings is 1. The van der Waals surface area contributed by atoms with Gasteiger partial charge in [0.25, 0.3) is 0 Å². The van der Waals surface area contributed by atoms with Crippen molar-refractivity contribution in [2.45, 2.75) is 19.6 Å². The first kappa shape index (κ1) is 14.0. The Morgan fingerprint density at radius 1 is 1.50 bits per heavy atom. The van der Waals surface area contributed by atoms with Gasteiger partial charge < -0.3 is 15.5 Å². The minimum atomic E-state index is -1.06. The molecule has 7 nitrogen and oxygen atoms in total. The third-order valence-corrected chi connectivity index (χ3v) is 2.90. The van der Waals surface area contributed by atoms with Crippen LogP contribution in [0, 0.1) is 0 Å². The van der Waals surface area contributed by atoms with Crippen LogP contribution in [0.1, 0.15) is 28.9 Å². The van der Waals surface area contributed by atoms with Gasteiger partial charge in [0.2, 0.25) is 0 Å². The minimum Gasteiger partial charge on any atom is -0.478 e. The van der Waals surface area contributed by atoms with Crippen LogP contribution in [0.4, 0.5) is 5.69 Å². The number of carboxylic acid groups (broad SMARTS) is 1. The monoisotopic (exact) mass is 276 g/mol. The average molecular weight is 276 g/mol. The van der Waals surface area contributed by atoms with Gasteiger partial charge in [0, 0.05) is 37.2 Å². The predicted octanol–water partition coefficient (Wildman–Crippen LogP) is 1.14. The molecule has 7 heteroatoms. The molecule has 2 heterocycles. The molecule has 0 aliphatic rings. The second-order valence-electron chi connectivity index (χ2n) is 4.25. The Hall–Kier alpha value is -2.41. The maximum Gasteiger partial charge on any atom is 0.339 e. The SMILES string of the molecule is CCn1cc(C(O)CNc2ccncc2C(=O)O)cn1. The average Bonchev–Trinajstić information content (AvgIpc) is 2.94. The van der Waals surface area contributed by atoms with Crippen LogP contribution in [0.3, 0.4) is 0 Å². The number of aromatic carboxylic acids is 1. The van der Waals surface area contributed by atoms with E-state index in [0.29, 0.717) is 11.3 Å². The van der Waals surface area contributed by atoms with Crippen molar-refractivity contribution in [3.63, 3.8) is 0 Å². The summed E-state index contributed by atoms with van der Waals surface area (Å²) in [5, 5.41) is 26.1. The Balaban J connectivity index is 2.03. The van der Waals surface area contributed by atoms with Crippen LogP contribution in [-0.4, -0.2) is 37.5 Å². The van der Waals surface area contributed by atoms with Crippen LogP contribution in [0.5, 0.6) is 0 Å². The van der Waals surface area contributed by atoms with E-state index in [9.17, 15) is 9.90 Å². The summed E-state index contributed by atoms with van der Waals surface area (Å²) in [5.41, 5.74) is 1.18. The predicted molar refractivity (Wildman–Crippen MR) is 72.5 cm³/mol. The van der Waals surface area contributed by atoms with Gasteiger partial charge in [-0.05, 0) is 13.0 Å². The number of aromatic nitrogens is 3. The zero-order chi connectivity index (χ0) is 14.5. The van der Waals surface area contributed by atoms with Crippen LogP contribution in [0.15, 0.2) is 30.9 Å². The standard InChI is InChI=1S/C13H16N4O3/c1-2-17-8-9(5-16-17)12(18)7-15-11-3-4-14-6-10(11)13(19)20/h3-6,8,12,18H,2,7H2,1H3,(H,14,15)(H,19,20). The topological polar surface area (TPSA) is 100 Å². The van der Waals surface area contributed by atoms with Crippen LogP contribution < -0.4 is 5.32 Å². The van der Waals surface area contributed by atoms with E-state index in [0.717, 1.165) is 6.54 Å². The van der Waals surface area contributed by atoms with E-state index in [2.05, 4.69) is 15.4 Å². The Kier molecular flexibility index (Phi) is 4.31. The number of hydrogen-bond donors (Lipinski definition) is 3. The molecule has 2 rings (SSSR count). The highest BCUT2D eigenvalue weighted by Gasteiger charge is 2.13. The molecule has 1 atom stereocenters. The van der Waals surface area contributed by atoms with Gasteiger partial charge in [-0.25, -0.2) is 4.79 Å². The number of anilines is 1. The lowest BCUT2D eigenvalue weighted by Crippen LogP contribution is -2.14. The van der Waals surface area contributed by atoms with Gasteiger partial charge in [-0.1, -0.05) is 0 Å². The quantitative estimate of drug-likeness (QED) is 0.731. The van der Waals surface area contributed by atoms with Crippen molar-refractivity contribution in [1.82, 2.24) is 14.8 Å². The molecule has 106 valence electrons. The molecule has 0 spiro atoms. The minimum absolute atomic E-state index is 0.0731. The molecule has 0 bridgehead atoms. The number of nitrogens with one attached hydrogen (secondary N) is 1. The van der Waals surface area contributed by atoms with E-state index in [-0.39, 0.29) is 12.1 Å². The van der Waals surface area contributed by atoms with Gasteiger partial charge in [-0.3, -0.25) is 9.67 Å². The highest BCUT2D eigenvalue weighted by molar-refractivity contribution is 5.93. The molecule has 0 saturated carbocycles. The molecule has 2 aromatic rings. The highest BCUT2D eigenvalue weighted by Crippen LogP contribution is 2.17. The zero-order valence-electron chi connectivity index (χ0n) is 11.0. The molecule has 0 aromatic carbocycles. The fourth-order valence-corrected chi connectivity index (χ4v) is 1.77. The smallest absolute Gasteiger partial charge is 0.339 e. The van der Waals surface area contributed by atoms with Crippen molar-refractivity contribution in [1.29, 1.82) is 0 Å². The lowest BCUT2D eigenvalue weighted by Gasteiger charge is -2.12. The van der Waals surface area contributed by atoms with Gasteiger partial charge in [0.1, 0.15) is 5.56 Å². The first-order chi connectivity index (χ1) is 9.61. The zero-order valence-corrected chi connectivity index (χ0v) is 11.0. The van der Waals surface area contributed by atoms with Gasteiger partial charge >= 0.3 is 5.97 Å². The van der Waals surface area contributed by atoms with E-state index < -0.39 is 12.1 Å². The van der Waals surface area contributed by atoms with E-state index >= 15 is 0 Å². The van der Waals surface area contributed by atoms with E-state index in [1.807, 2.05) is 6.92 Å². The molecule has 20 heavy (non-hydrogen) atoms. The number of aliphatic hydroxyl groups is 1. The van der Waals surface area contributed by atoms with Crippen molar-refractivity contribution in [3.05, 3.63) is 42.0 Å². The normalized spacial score (nSPS) is 12.1. The number of hydrogen-bond acceptors (Lipinski definition) is 5. The van der Waals surface area contributed by atoms with E-state index in [4.69, 9.17) is 5.11 Å². The lowest BCUT2D eigenvalue weighted by atomic mass is 10.2. The summed E-state index contributed by atoms with van der Waals surface area (Å²) in [7, 11) is 0. The van der Waals surface area contributed by atoms with Crippen LogP contribution >= 0.6 is 0 Å². The van der Waals surface area contributed by atoms with Crippen molar-refractivity contribution < 1.29 is 15.0 Å². The second-order valence-corrected chi connectivity index (χ2v) is 4.25. The van der Waals surface area contributed by atoms with Gasteiger partial charge in [-0.2, -0.15) is 5.10 Å². The van der Waals surface area contributed by atoms with Crippen LogP contribution in [-0.2, 0) is 6.54 Å². The molecule has 3 N–H and O–H groups in total. The molecule has 0 radical (unpaired) electrons. The van der Waals surface area contributed by atoms with Crippen LogP contribution in [0.25, 0.3) is 0 Å². The number of carboxylic acids is 1. The molecule has 0 amide bonds. The Morgan fingerprint density at radius 2 is 2.30 bits per heavy atom. The summed E-state index contributed by atoms with van der Waals surface area (Å²) in [5.74, 6) is -1.06. The maximum absolute atomic E-state index is 11.0. The number of aliphatic hydroxyl groups excluding tert-OH is 1. The first-order valence-electron chi connectivity index (χ1n) is 6.23. The van der Waals surface area contributed by atoms with Crippen molar-refractivity contribution in [2.24, 2.45) is 0 Å². The molecular formula is C13H16N4O3.